The van der Waals surface area contributed by atoms with Crippen LogP contribution in [0.3, 0.4) is 0 Å². The Morgan fingerprint density at radius 1 is 1.23 bits per heavy atom. The van der Waals surface area contributed by atoms with Crippen LogP contribution in [0.15, 0.2) is 36.0 Å². The molecule has 0 bridgehead atoms. The molecule has 0 unspecified atom stereocenters. The van der Waals surface area contributed by atoms with Crippen LogP contribution >= 0.6 is 11.3 Å². The molecule has 5 heteroatoms. The van der Waals surface area contributed by atoms with E-state index in [-0.39, 0.29) is 0 Å². The van der Waals surface area contributed by atoms with E-state index < -0.39 is 7.12 Å². The normalized spacial score (nSPS) is 10.3. The van der Waals surface area contributed by atoms with Crippen LogP contribution in [-0.2, 0) is 0 Å². The third-order valence-electron chi connectivity index (χ3n) is 1.76. The molecule has 2 heterocycles. The van der Waals surface area contributed by atoms with Gasteiger partial charge in [0.15, 0.2) is 0 Å². The molecular weight excluding hydrogens is 185 g/mol. The van der Waals surface area contributed by atoms with Crippen LogP contribution in [0, 0.1) is 0 Å². The van der Waals surface area contributed by atoms with E-state index in [9.17, 15) is 0 Å². The summed E-state index contributed by atoms with van der Waals surface area (Å²) in [6.45, 7) is 0. The topological polar surface area (TPSA) is 45.4 Å². The Hall–Kier alpha value is -1.04. The number of aromatic nitrogens is 1. The molecular formula is C8H8BNO2S. The van der Waals surface area contributed by atoms with E-state index in [4.69, 9.17) is 10.0 Å². The van der Waals surface area contributed by atoms with Gasteiger partial charge in [0.05, 0.1) is 5.69 Å². The first-order valence-electron chi connectivity index (χ1n) is 3.85. The zero-order chi connectivity index (χ0) is 9.26. The Balaban J connectivity index is 2.33. The fourth-order valence-electron chi connectivity index (χ4n) is 1.12. The first-order valence-corrected chi connectivity index (χ1v) is 4.73. The summed E-state index contributed by atoms with van der Waals surface area (Å²) in [7, 11) is -1.37. The van der Waals surface area contributed by atoms with Gasteiger partial charge in [0, 0.05) is 22.6 Å². The predicted molar refractivity (Wildman–Crippen MR) is 53.5 cm³/mol. The van der Waals surface area contributed by atoms with E-state index in [1.165, 1.54) is 11.3 Å². The summed E-state index contributed by atoms with van der Waals surface area (Å²) in [6, 6.07) is 5.61. The average Bonchev–Trinajstić information content (AvgIpc) is 2.75. The van der Waals surface area contributed by atoms with Crippen molar-refractivity contribution in [3.8, 4) is 5.69 Å². The van der Waals surface area contributed by atoms with Crippen LogP contribution in [-0.4, -0.2) is 21.7 Å². The van der Waals surface area contributed by atoms with Gasteiger partial charge in [-0.1, -0.05) is 0 Å². The number of nitrogens with zero attached hydrogens (tertiary/aromatic N) is 1. The minimum Gasteiger partial charge on any atom is -0.423 e. The highest BCUT2D eigenvalue weighted by molar-refractivity contribution is 7.20. The standard InChI is InChI=1S/C8H8BNO2S/c11-9(12)8-5-7(6-13-8)10-3-1-2-4-10/h1-6,11-12H. The smallest absolute Gasteiger partial charge is 0.423 e. The van der Waals surface area contributed by atoms with Crippen LogP contribution in [0.25, 0.3) is 5.69 Å². The van der Waals surface area contributed by atoms with Crippen molar-refractivity contribution >= 4 is 23.2 Å². The Morgan fingerprint density at radius 3 is 2.46 bits per heavy atom. The first-order chi connectivity index (χ1) is 6.27. The van der Waals surface area contributed by atoms with Gasteiger partial charge in [0.25, 0.3) is 0 Å². The lowest BCUT2D eigenvalue weighted by molar-refractivity contribution is 0.427. The van der Waals surface area contributed by atoms with E-state index in [0.29, 0.717) is 4.78 Å². The molecule has 0 aliphatic heterocycles. The van der Waals surface area contributed by atoms with Crippen molar-refractivity contribution in [2.75, 3.05) is 0 Å². The molecule has 2 rings (SSSR count). The van der Waals surface area contributed by atoms with E-state index in [1.807, 2.05) is 34.5 Å². The van der Waals surface area contributed by atoms with Crippen molar-refractivity contribution in [2.45, 2.75) is 0 Å². The lowest BCUT2D eigenvalue weighted by Crippen LogP contribution is -2.26. The van der Waals surface area contributed by atoms with Gasteiger partial charge in [-0.3, -0.25) is 0 Å². The summed E-state index contributed by atoms with van der Waals surface area (Å²) in [5.74, 6) is 0. The molecule has 2 aromatic rings. The zero-order valence-corrected chi connectivity index (χ0v) is 7.61. The molecule has 0 atom stereocenters. The second kappa shape index (κ2) is 3.37. The minimum atomic E-state index is -1.37. The number of hydrogen-bond acceptors (Lipinski definition) is 3. The van der Waals surface area contributed by atoms with Gasteiger partial charge in [-0.25, -0.2) is 0 Å². The maximum Gasteiger partial charge on any atom is 0.499 e. The highest BCUT2D eigenvalue weighted by Gasteiger charge is 2.13. The molecule has 2 aromatic heterocycles. The third kappa shape index (κ3) is 1.67. The van der Waals surface area contributed by atoms with Gasteiger partial charge in [-0.05, 0) is 18.2 Å². The van der Waals surface area contributed by atoms with Crippen LogP contribution in [0.1, 0.15) is 0 Å². The lowest BCUT2D eigenvalue weighted by atomic mass is 9.89. The van der Waals surface area contributed by atoms with Crippen molar-refractivity contribution < 1.29 is 10.0 Å². The third-order valence-corrected chi connectivity index (χ3v) is 2.72. The van der Waals surface area contributed by atoms with Gasteiger partial charge >= 0.3 is 7.12 Å². The largest absolute Gasteiger partial charge is 0.499 e. The maximum atomic E-state index is 8.89. The van der Waals surface area contributed by atoms with Gasteiger partial charge in [-0.2, -0.15) is 11.3 Å². The van der Waals surface area contributed by atoms with Gasteiger partial charge in [0.2, 0.25) is 0 Å². The van der Waals surface area contributed by atoms with Crippen molar-refractivity contribution in [1.29, 1.82) is 0 Å². The zero-order valence-electron chi connectivity index (χ0n) is 6.79. The van der Waals surface area contributed by atoms with Gasteiger partial charge < -0.3 is 14.6 Å². The fourth-order valence-corrected chi connectivity index (χ4v) is 1.88. The van der Waals surface area contributed by atoms with Gasteiger partial charge in [-0.15, -0.1) is 0 Å². The van der Waals surface area contributed by atoms with Crippen LogP contribution in [0.2, 0.25) is 0 Å². The molecule has 0 aromatic carbocycles. The summed E-state index contributed by atoms with van der Waals surface area (Å²) in [6.07, 6.45) is 3.82. The Kier molecular flexibility index (Phi) is 2.22. The second-order valence-electron chi connectivity index (χ2n) is 2.67. The van der Waals surface area contributed by atoms with E-state index in [0.717, 1.165) is 5.69 Å². The van der Waals surface area contributed by atoms with E-state index >= 15 is 0 Å². The summed E-state index contributed by atoms with van der Waals surface area (Å²) in [5, 5.41) is 19.7. The molecule has 0 fully saturated rings. The molecule has 0 radical (unpaired) electrons. The molecule has 0 amide bonds. The molecule has 66 valence electrons. The Bertz CT molecular complexity index is 383. The number of hydrogen-bond donors (Lipinski definition) is 2. The fraction of sp³-hybridized carbons (Fsp3) is 0. The Morgan fingerprint density at radius 2 is 1.92 bits per heavy atom. The van der Waals surface area contributed by atoms with Crippen molar-refractivity contribution in [3.63, 3.8) is 0 Å². The van der Waals surface area contributed by atoms with E-state index in [1.54, 1.807) is 6.07 Å². The molecule has 0 saturated carbocycles. The first kappa shape index (κ1) is 8.56. The molecule has 2 N–H and O–H groups in total. The average molecular weight is 193 g/mol. The summed E-state index contributed by atoms with van der Waals surface area (Å²) >= 11 is 1.34. The van der Waals surface area contributed by atoms with Crippen LogP contribution in [0.4, 0.5) is 0 Å². The van der Waals surface area contributed by atoms with Gasteiger partial charge in [0.1, 0.15) is 0 Å². The minimum absolute atomic E-state index is 0.559. The molecule has 0 aliphatic rings. The monoisotopic (exact) mass is 193 g/mol. The summed E-state index contributed by atoms with van der Waals surface area (Å²) in [5.41, 5.74) is 0.957. The van der Waals surface area contributed by atoms with Crippen LogP contribution in [0.5, 0.6) is 0 Å². The molecule has 0 spiro atoms. The number of rotatable bonds is 2. The highest BCUT2D eigenvalue weighted by atomic mass is 32.1. The lowest BCUT2D eigenvalue weighted by Gasteiger charge is -1.95. The molecule has 3 nitrogen and oxygen atoms in total. The molecule has 13 heavy (non-hydrogen) atoms. The summed E-state index contributed by atoms with van der Waals surface area (Å²) < 4.78 is 2.48. The second-order valence-corrected chi connectivity index (χ2v) is 3.61. The van der Waals surface area contributed by atoms with E-state index in [2.05, 4.69) is 0 Å². The number of thiophene rings is 1. The quantitative estimate of drug-likeness (QED) is 0.670. The SMILES string of the molecule is OB(O)c1cc(-n2cccc2)cs1. The summed E-state index contributed by atoms with van der Waals surface area (Å²) in [4.78, 5) is 0. The highest BCUT2D eigenvalue weighted by Crippen LogP contribution is 2.10. The predicted octanol–water partition coefficient (Wildman–Crippen LogP) is 0.219. The molecule has 0 saturated heterocycles. The molecule has 0 aliphatic carbocycles. The Labute approximate surface area is 80.0 Å². The van der Waals surface area contributed by atoms with Crippen molar-refractivity contribution in [3.05, 3.63) is 36.0 Å². The van der Waals surface area contributed by atoms with Crippen LogP contribution < -0.4 is 4.78 Å². The maximum absolute atomic E-state index is 8.89. The van der Waals surface area contributed by atoms with Crippen molar-refractivity contribution in [2.24, 2.45) is 0 Å². The van der Waals surface area contributed by atoms with Crippen molar-refractivity contribution in [1.82, 2.24) is 4.57 Å².